The molecule has 0 spiro atoms. The van der Waals surface area contributed by atoms with Crippen LogP contribution in [0.25, 0.3) is 0 Å². The first kappa shape index (κ1) is 14.0. The van der Waals surface area contributed by atoms with Crippen LogP contribution in [0, 0.1) is 0 Å². The summed E-state index contributed by atoms with van der Waals surface area (Å²) in [6.07, 6.45) is 3.52. The fourth-order valence-corrected chi connectivity index (χ4v) is 2.84. The predicted octanol–water partition coefficient (Wildman–Crippen LogP) is 4.11. The lowest BCUT2D eigenvalue weighted by Gasteiger charge is -2.09. The van der Waals surface area contributed by atoms with E-state index in [1.54, 1.807) is 12.1 Å². The maximum absolute atomic E-state index is 11.0. The highest BCUT2D eigenvalue weighted by molar-refractivity contribution is 6.33. The summed E-state index contributed by atoms with van der Waals surface area (Å²) >= 11 is 5.84. The molecule has 108 valence electrons. The quantitative estimate of drug-likeness (QED) is 0.924. The van der Waals surface area contributed by atoms with Crippen molar-refractivity contribution in [1.82, 2.24) is 0 Å². The zero-order chi connectivity index (χ0) is 14.8. The zero-order valence-corrected chi connectivity index (χ0v) is 12.2. The van der Waals surface area contributed by atoms with Gasteiger partial charge in [0.2, 0.25) is 0 Å². The second-order valence-electron chi connectivity index (χ2n) is 5.19. The van der Waals surface area contributed by atoms with E-state index >= 15 is 0 Å². The summed E-state index contributed by atoms with van der Waals surface area (Å²) in [6.45, 7) is 0.425. The fourth-order valence-electron chi connectivity index (χ4n) is 2.64. The van der Waals surface area contributed by atoms with Crippen molar-refractivity contribution >= 4 is 17.6 Å². The minimum Gasteiger partial charge on any atom is -0.489 e. The monoisotopic (exact) mass is 302 g/mol. The Morgan fingerprint density at radius 1 is 1.14 bits per heavy atom. The van der Waals surface area contributed by atoms with E-state index in [1.165, 1.54) is 23.6 Å². The van der Waals surface area contributed by atoms with Gasteiger partial charge in [0.25, 0.3) is 0 Å². The Balaban J connectivity index is 1.73. The van der Waals surface area contributed by atoms with Crippen LogP contribution in [-0.4, -0.2) is 11.1 Å². The second-order valence-corrected chi connectivity index (χ2v) is 5.60. The van der Waals surface area contributed by atoms with Crippen LogP contribution < -0.4 is 4.74 Å². The van der Waals surface area contributed by atoms with Crippen LogP contribution in [0.4, 0.5) is 0 Å². The number of carboxylic acids is 1. The standard InChI is InChI=1S/C17H15ClO3/c18-16-7-6-14(9-15(16)17(19)20)21-10-11-4-5-12-2-1-3-13(12)8-11/h4-9H,1-3,10H2,(H,19,20). The lowest BCUT2D eigenvalue weighted by Crippen LogP contribution is -2.00. The molecular formula is C17H15ClO3. The van der Waals surface area contributed by atoms with E-state index in [-0.39, 0.29) is 10.6 Å². The second kappa shape index (κ2) is 5.78. The summed E-state index contributed by atoms with van der Waals surface area (Å²) in [5.74, 6) is -0.541. The summed E-state index contributed by atoms with van der Waals surface area (Å²) in [6, 6.07) is 11.1. The topological polar surface area (TPSA) is 46.5 Å². The SMILES string of the molecule is O=C(O)c1cc(OCc2ccc3c(c2)CCC3)ccc1Cl. The Labute approximate surface area is 128 Å². The van der Waals surface area contributed by atoms with Gasteiger partial charge in [-0.05, 0) is 54.2 Å². The van der Waals surface area contributed by atoms with Crippen molar-refractivity contribution in [3.63, 3.8) is 0 Å². The van der Waals surface area contributed by atoms with Gasteiger partial charge in [-0.2, -0.15) is 0 Å². The average molecular weight is 303 g/mol. The zero-order valence-electron chi connectivity index (χ0n) is 11.4. The summed E-state index contributed by atoms with van der Waals surface area (Å²) in [5.41, 5.74) is 3.99. The average Bonchev–Trinajstić information content (AvgIpc) is 2.93. The van der Waals surface area contributed by atoms with Crippen LogP contribution in [0.15, 0.2) is 36.4 Å². The van der Waals surface area contributed by atoms with Crippen molar-refractivity contribution in [3.05, 3.63) is 63.7 Å². The smallest absolute Gasteiger partial charge is 0.337 e. The molecule has 0 unspecified atom stereocenters. The van der Waals surface area contributed by atoms with Gasteiger partial charge in [0.1, 0.15) is 12.4 Å². The van der Waals surface area contributed by atoms with Gasteiger partial charge in [-0.1, -0.05) is 29.8 Å². The van der Waals surface area contributed by atoms with E-state index in [1.807, 2.05) is 0 Å². The number of aryl methyl sites for hydroxylation is 2. The molecule has 0 bridgehead atoms. The summed E-state index contributed by atoms with van der Waals surface area (Å²) < 4.78 is 5.68. The van der Waals surface area contributed by atoms with E-state index in [0.717, 1.165) is 18.4 Å². The number of fused-ring (bicyclic) bond motifs is 1. The number of aromatic carboxylic acids is 1. The van der Waals surface area contributed by atoms with Crippen molar-refractivity contribution in [2.24, 2.45) is 0 Å². The van der Waals surface area contributed by atoms with Gasteiger partial charge in [-0.15, -0.1) is 0 Å². The van der Waals surface area contributed by atoms with Crippen molar-refractivity contribution in [3.8, 4) is 5.75 Å². The first-order chi connectivity index (χ1) is 10.1. The lowest BCUT2D eigenvalue weighted by atomic mass is 10.1. The molecule has 2 aromatic carbocycles. The Kier molecular flexibility index (Phi) is 3.84. The molecule has 0 aliphatic heterocycles. The van der Waals surface area contributed by atoms with E-state index in [0.29, 0.717) is 12.4 Å². The molecule has 0 amide bonds. The summed E-state index contributed by atoms with van der Waals surface area (Å²) in [7, 11) is 0. The van der Waals surface area contributed by atoms with Gasteiger partial charge in [-0.3, -0.25) is 0 Å². The van der Waals surface area contributed by atoms with Crippen LogP contribution in [-0.2, 0) is 19.4 Å². The first-order valence-corrected chi connectivity index (χ1v) is 7.27. The number of rotatable bonds is 4. The number of carbonyl (C=O) groups is 1. The molecule has 0 atom stereocenters. The number of ether oxygens (including phenoxy) is 1. The number of benzene rings is 2. The van der Waals surface area contributed by atoms with Gasteiger partial charge in [0.15, 0.2) is 0 Å². The summed E-state index contributed by atoms with van der Waals surface area (Å²) in [5, 5.41) is 9.26. The normalized spacial score (nSPS) is 13.0. The van der Waals surface area contributed by atoms with Crippen molar-refractivity contribution in [2.45, 2.75) is 25.9 Å². The van der Waals surface area contributed by atoms with Crippen LogP contribution in [0.3, 0.4) is 0 Å². The third-order valence-corrected chi connectivity index (χ3v) is 4.07. The van der Waals surface area contributed by atoms with Gasteiger partial charge in [-0.25, -0.2) is 4.79 Å². The number of hydrogen-bond acceptors (Lipinski definition) is 2. The van der Waals surface area contributed by atoms with Gasteiger partial charge in [0, 0.05) is 0 Å². The molecular weight excluding hydrogens is 288 g/mol. The Hall–Kier alpha value is -2.00. The lowest BCUT2D eigenvalue weighted by molar-refractivity contribution is 0.0696. The third kappa shape index (κ3) is 3.03. The maximum Gasteiger partial charge on any atom is 0.337 e. The molecule has 0 saturated heterocycles. The molecule has 4 heteroatoms. The van der Waals surface area contributed by atoms with E-state index in [9.17, 15) is 4.79 Å². The fraction of sp³-hybridized carbons (Fsp3) is 0.235. The van der Waals surface area contributed by atoms with Crippen molar-refractivity contribution in [1.29, 1.82) is 0 Å². The molecule has 0 fully saturated rings. The predicted molar refractivity (Wildman–Crippen MR) is 81.2 cm³/mol. The molecule has 21 heavy (non-hydrogen) atoms. The molecule has 2 aromatic rings. The van der Waals surface area contributed by atoms with Crippen molar-refractivity contribution < 1.29 is 14.6 Å². The molecule has 1 N–H and O–H groups in total. The first-order valence-electron chi connectivity index (χ1n) is 6.90. The summed E-state index contributed by atoms with van der Waals surface area (Å²) in [4.78, 5) is 11.0. The van der Waals surface area contributed by atoms with E-state index < -0.39 is 5.97 Å². The van der Waals surface area contributed by atoms with Crippen LogP contribution >= 0.6 is 11.6 Å². The molecule has 0 aromatic heterocycles. The van der Waals surface area contributed by atoms with E-state index in [4.69, 9.17) is 21.4 Å². The van der Waals surface area contributed by atoms with Crippen molar-refractivity contribution in [2.75, 3.05) is 0 Å². The third-order valence-electron chi connectivity index (χ3n) is 3.74. The van der Waals surface area contributed by atoms with Gasteiger partial charge >= 0.3 is 5.97 Å². The number of hydrogen-bond donors (Lipinski definition) is 1. The number of halogens is 1. The highest BCUT2D eigenvalue weighted by Gasteiger charge is 2.12. The highest BCUT2D eigenvalue weighted by Crippen LogP contribution is 2.25. The molecule has 3 rings (SSSR count). The van der Waals surface area contributed by atoms with Crippen LogP contribution in [0.2, 0.25) is 5.02 Å². The van der Waals surface area contributed by atoms with Crippen LogP contribution in [0.1, 0.15) is 33.5 Å². The molecule has 0 heterocycles. The van der Waals surface area contributed by atoms with Crippen LogP contribution in [0.5, 0.6) is 5.75 Å². The van der Waals surface area contributed by atoms with E-state index in [2.05, 4.69) is 18.2 Å². The highest BCUT2D eigenvalue weighted by atomic mass is 35.5. The Morgan fingerprint density at radius 2 is 1.95 bits per heavy atom. The van der Waals surface area contributed by atoms with Gasteiger partial charge < -0.3 is 9.84 Å². The molecule has 1 aliphatic carbocycles. The Morgan fingerprint density at radius 3 is 2.76 bits per heavy atom. The number of carboxylic acid groups (broad SMARTS) is 1. The largest absolute Gasteiger partial charge is 0.489 e. The minimum absolute atomic E-state index is 0.0584. The Bertz CT molecular complexity index is 694. The minimum atomic E-state index is -1.05. The molecule has 0 radical (unpaired) electrons. The maximum atomic E-state index is 11.0. The molecule has 0 saturated carbocycles. The molecule has 3 nitrogen and oxygen atoms in total. The molecule has 1 aliphatic rings. The van der Waals surface area contributed by atoms with Gasteiger partial charge in [0.05, 0.1) is 10.6 Å².